The average Bonchev–Trinajstić information content (AvgIpc) is 2.68. The lowest BCUT2D eigenvalue weighted by molar-refractivity contribution is 0.0931. The zero-order chi connectivity index (χ0) is 17.9. The summed E-state index contributed by atoms with van der Waals surface area (Å²) in [6.07, 6.45) is 6.20. The topological polar surface area (TPSA) is 54.9 Å². The first-order chi connectivity index (χ1) is 12.7. The predicted octanol–water partition coefficient (Wildman–Crippen LogP) is 4.09. The fourth-order valence-corrected chi connectivity index (χ4v) is 3.34. The molecule has 2 aromatic heterocycles. The molecule has 0 spiro atoms. The van der Waals surface area contributed by atoms with Gasteiger partial charge in [-0.1, -0.05) is 18.2 Å². The Balaban J connectivity index is 1.51. The molecular formula is C21H18FN3O. The molecule has 2 heterocycles. The molecule has 0 saturated heterocycles. The monoisotopic (exact) mass is 347 g/mol. The van der Waals surface area contributed by atoms with E-state index in [0.717, 1.165) is 25.0 Å². The molecule has 1 atom stereocenters. The SMILES string of the molecule is O=C(NC1CCCc2cccnc21)c1ccc(-c2cccc(F)c2)nc1. The lowest BCUT2D eigenvalue weighted by Crippen LogP contribution is -2.31. The van der Waals surface area contributed by atoms with Crippen LogP contribution < -0.4 is 5.32 Å². The molecule has 1 unspecified atom stereocenters. The number of hydrogen-bond donors (Lipinski definition) is 1. The van der Waals surface area contributed by atoms with E-state index in [9.17, 15) is 9.18 Å². The Bertz CT molecular complexity index is 940. The zero-order valence-electron chi connectivity index (χ0n) is 14.2. The van der Waals surface area contributed by atoms with Crippen LogP contribution >= 0.6 is 0 Å². The van der Waals surface area contributed by atoms with Gasteiger partial charge in [0, 0.05) is 18.0 Å². The average molecular weight is 347 g/mol. The lowest BCUT2D eigenvalue weighted by atomic mass is 9.92. The molecule has 1 N–H and O–H groups in total. The van der Waals surface area contributed by atoms with Gasteiger partial charge in [0.05, 0.1) is 23.0 Å². The maximum atomic E-state index is 13.3. The number of nitrogens with one attached hydrogen (secondary N) is 1. The van der Waals surface area contributed by atoms with Gasteiger partial charge in [-0.25, -0.2) is 4.39 Å². The normalized spacial score (nSPS) is 16.0. The van der Waals surface area contributed by atoms with E-state index in [2.05, 4.69) is 21.4 Å². The van der Waals surface area contributed by atoms with Gasteiger partial charge in [-0.3, -0.25) is 14.8 Å². The minimum Gasteiger partial charge on any atom is -0.344 e. The highest BCUT2D eigenvalue weighted by molar-refractivity contribution is 5.94. The molecule has 0 aliphatic heterocycles. The van der Waals surface area contributed by atoms with Crippen LogP contribution in [-0.2, 0) is 6.42 Å². The maximum Gasteiger partial charge on any atom is 0.253 e. The predicted molar refractivity (Wildman–Crippen MR) is 97.0 cm³/mol. The number of halogens is 1. The van der Waals surface area contributed by atoms with E-state index in [0.29, 0.717) is 16.8 Å². The van der Waals surface area contributed by atoms with E-state index < -0.39 is 0 Å². The van der Waals surface area contributed by atoms with Crippen molar-refractivity contribution in [3.8, 4) is 11.3 Å². The number of hydrogen-bond acceptors (Lipinski definition) is 3. The van der Waals surface area contributed by atoms with E-state index in [1.165, 1.54) is 23.9 Å². The van der Waals surface area contributed by atoms with Gasteiger partial charge in [0.15, 0.2) is 0 Å². The van der Waals surface area contributed by atoms with Gasteiger partial charge in [0.1, 0.15) is 5.82 Å². The summed E-state index contributed by atoms with van der Waals surface area (Å²) in [6, 6.07) is 13.6. The standard InChI is InChI=1S/C21H18FN3O/c22-17-7-1-5-15(12-17)18-10-9-16(13-24-18)21(26)25-19-8-2-4-14-6-3-11-23-20(14)19/h1,3,5-7,9-13,19H,2,4,8H2,(H,25,26). The second-order valence-electron chi connectivity index (χ2n) is 6.41. The van der Waals surface area contributed by atoms with Gasteiger partial charge >= 0.3 is 0 Å². The van der Waals surface area contributed by atoms with E-state index in [4.69, 9.17) is 0 Å². The number of aromatic nitrogens is 2. The number of carbonyl (C=O) groups is 1. The Morgan fingerprint density at radius 1 is 1.12 bits per heavy atom. The largest absolute Gasteiger partial charge is 0.344 e. The summed E-state index contributed by atoms with van der Waals surface area (Å²) in [5.41, 5.74) is 3.95. The maximum absolute atomic E-state index is 13.3. The van der Waals surface area contributed by atoms with Crippen molar-refractivity contribution in [2.45, 2.75) is 25.3 Å². The third-order valence-corrected chi connectivity index (χ3v) is 4.65. The number of carbonyl (C=O) groups excluding carboxylic acids is 1. The van der Waals surface area contributed by atoms with Crippen molar-refractivity contribution >= 4 is 5.91 Å². The molecule has 0 bridgehead atoms. The smallest absolute Gasteiger partial charge is 0.253 e. The number of rotatable bonds is 3. The summed E-state index contributed by atoms with van der Waals surface area (Å²) in [6.45, 7) is 0. The minimum atomic E-state index is -0.311. The minimum absolute atomic E-state index is 0.0738. The molecule has 4 nitrogen and oxygen atoms in total. The first-order valence-corrected chi connectivity index (χ1v) is 8.67. The summed E-state index contributed by atoms with van der Waals surface area (Å²) in [4.78, 5) is 21.3. The van der Waals surface area contributed by atoms with Crippen LogP contribution in [0.4, 0.5) is 4.39 Å². The molecule has 0 fully saturated rings. The van der Waals surface area contributed by atoms with E-state index in [1.54, 1.807) is 30.5 Å². The molecule has 0 saturated carbocycles. The second kappa shape index (κ2) is 7.04. The summed E-state index contributed by atoms with van der Waals surface area (Å²) >= 11 is 0. The van der Waals surface area contributed by atoms with Crippen LogP contribution in [0.2, 0.25) is 0 Å². The summed E-state index contributed by atoms with van der Waals surface area (Å²) in [7, 11) is 0. The molecule has 0 radical (unpaired) electrons. The number of amides is 1. The Morgan fingerprint density at radius 2 is 2.04 bits per heavy atom. The highest BCUT2D eigenvalue weighted by atomic mass is 19.1. The van der Waals surface area contributed by atoms with Gasteiger partial charge < -0.3 is 5.32 Å². The number of benzene rings is 1. The Morgan fingerprint density at radius 3 is 2.85 bits per heavy atom. The van der Waals surface area contributed by atoms with Gasteiger partial charge in [-0.2, -0.15) is 0 Å². The molecule has 130 valence electrons. The molecule has 3 aromatic rings. The zero-order valence-corrected chi connectivity index (χ0v) is 14.2. The number of nitrogens with zero attached hydrogens (tertiary/aromatic N) is 2. The van der Waals surface area contributed by atoms with Gasteiger partial charge in [0.25, 0.3) is 5.91 Å². The van der Waals surface area contributed by atoms with E-state index >= 15 is 0 Å². The highest BCUT2D eigenvalue weighted by Crippen LogP contribution is 2.28. The third-order valence-electron chi connectivity index (χ3n) is 4.65. The van der Waals surface area contributed by atoms with Crippen LogP contribution in [-0.4, -0.2) is 15.9 Å². The van der Waals surface area contributed by atoms with Gasteiger partial charge in [0.2, 0.25) is 0 Å². The van der Waals surface area contributed by atoms with Crippen molar-refractivity contribution in [2.75, 3.05) is 0 Å². The molecule has 1 aliphatic rings. The van der Waals surface area contributed by atoms with Crippen LogP contribution in [0.1, 0.15) is 40.5 Å². The van der Waals surface area contributed by atoms with Gasteiger partial charge in [-0.05, 0) is 55.2 Å². The molecule has 1 aliphatic carbocycles. The molecule has 1 aromatic carbocycles. The van der Waals surface area contributed by atoms with Crippen molar-refractivity contribution in [2.24, 2.45) is 0 Å². The second-order valence-corrected chi connectivity index (χ2v) is 6.41. The van der Waals surface area contributed by atoms with Crippen LogP contribution in [0.3, 0.4) is 0 Å². The Labute approximate surface area is 151 Å². The number of fused-ring (bicyclic) bond motifs is 1. The first-order valence-electron chi connectivity index (χ1n) is 8.67. The first kappa shape index (κ1) is 16.4. The van der Waals surface area contributed by atoms with E-state index in [-0.39, 0.29) is 17.8 Å². The van der Waals surface area contributed by atoms with Crippen LogP contribution in [0.15, 0.2) is 60.9 Å². The Hall–Kier alpha value is -3.08. The quantitative estimate of drug-likeness (QED) is 0.776. The van der Waals surface area contributed by atoms with Crippen molar-refractivity contribution in [3.63, 3.8) is 0 Å². The number of aryl methyl sites for hydroxylation is 1. The van der Waals surface area contributed by atoms with Crippen molar-refractivity contribution in [1.29, 1.82) is 0 Å². The van der Waals surface area contributed by atoms with E-state index in [1.807, 2.05) is 6.07 Å². The third kappa shape index (κ3) is 3.33. The summed E-state index contributed by atoms with van der Waals surface area (Å²) in [5, 5.41) is 3.06. The summed E-state index contributed by atoms with van der Waals surface area (Å²) < 4.78 is 13.3. The van der Waals surface area contributed by atoms with Crippen LogP contribution in [0.5, 0.6) is 0 Å². The fourth-order valence-electron chi connectivity index (χ4n) is 3.34. The van der Waals surface area contributed by atoms with Crippen molar-refractivity contribution in [3.05, 3.63) is 83.6 Å². The van der Waals surface area contributed by atoms with Gasteiger partial charge in [-0.15, -0.1) is 0 Å². The molecular weight excluding hydrogens is 329 g/mol. The molecule has 5 heteroatoms. The number of pyridine rings is 2. The molecule has 1 amide bonds. The van der Waals surface area contributed by atoms with Crippen LogP contribution in [0.25, 0.3) is 11.3 Å². The van der Waals surface area contributed by atoms with Crippen molar-refractivity contribution in [1.82, 2.24) is 15.3 Å². The summed E-state index contributed by atoms with van der Waals surface area (Å²) in [5.74, 6) is -0.485. The lowest BCUT2D eigenvalue weighted by Gasteiger charge is -2.25. The Kier molecular flexibility index (Phi) is 4.44. The fraction of sp³-hybridized carbons (Fsp3) is 0.190. The molecule has 26 heavy (non-hydrogen) atoms. The molecule has 4 rings (SSSR count). The highest BCUT2D eigenvalue weighted by Gasteiger charge is 2.23. The van der Waals surface area contributed by atoms with Crippen molar-refractivity contribution < 1.29 is 9.18 Å². The van der Waals surface area contributed by atoms with Crippen LogP contribution in [0, 0.1) is 5.82 Å².